The van der Waals surface area contributed by atoms with E-state index < -0.39 is 0 Å². The number of carbonyl (C=O) groups is 3. The summed E-state index contributed by atoms with van der Waals surface area (Å²) in [5, 5.41) is 14.3. The molecule has 9 N–H and O–H groups in total. The van der Waals surface area contributed by atoms with E-state index in [1.807, 2.05) is 93.8 Å². The largest absolute Gasteiger partial charge is 0.479 e. The highest BCUT2D eigenvalue weighted by Crippen LogP contribution is 2.27. The number of nitrogen functional groups attached to an aromatic ring is 1. The standard InChI is InChI=1S/C11H18N4O.C9H13N5O.C9H14N4O.C9H13N3O2.C8H13N3.C8H12N2O.2CH4/c1-5-16-11-9-10(13-8(4)14-11)15(6-12-9)7(2)3;1-5(2)14-4-11-6-7(14)12-9(10)13-8(6)15-3;1-5(2)13-4-10-7-8(13)11-6(3)12-9(7)14;1-6(2)12-5-4-8(10-7(3)13)11-9(12)14;1-6(2)11-5-4-8(9)10-7(11)3;1-6(2)10-5-4-8(11)9-7(10)3;;/h6-8,13H,5H2,1-4H3;4-5H,1-3H3,(H2,10,12,13);4-6,11H,1-3H3,(H,12,14);4-6H,1-3H3,(H,10,11,13,14);4-6H,3H2,1-2H3,(H2,9,10);4-6H,3H2,1-2H3,(H,9,11);2*1H4. The maximum Gasteiger partial charge on any atom is 0.349 e. The minimum absolute atomic E-state index is 0. The van der Waals surface area contributed by atoms with Crippen LogP contribution in [0.3, 0.4) is 0 Å². The third-order valence-electron chi connectivity index (χ3n) is 11.6. The minimum Gasteiger partial charge on any atom is -0.479 e. The Bertz CT molecular complexity index is 3170. The van der Waals surface area contributed by atoms with E-state index >= 15 is 0 Å². The highest BCUT2D eigenvalue weighted by Gasteiger charge is 2.27. The van der Waals surface area contributed by atoms with Gasteiger partial charge < -0.3 is 71.0 Å². The van der Waals surface area contributed by atoms with Crippen molar-refractivity contribution < 1.29 is 23.9 Å². The van der Waals surface area contributed by atoms with Crippen molar-refractivity contribution >= 4 is 64.0 Å². The average molecular weight is 1150 g/mol. The lowest BCUT2D eigenvalue weighted by molar-refractivity contribution is -0.117. The Labute approximate surface area is 488 Å². The summed E-state index contributed by atoms with van der Waals surface area (Å²) < 4.78 is 18.1. The molecule has 3 amide bonds. The summed E-state index contributed by atoms with van der Waals surface area (Å²) >= 11 is 0. The fourth-order valence-corrected chi connectivity index (χ4v) is 7.74. The molecule has 0 fully saturated rings. The Morgan fingerprint density at radius 2 is 1.28 bits per heavy atom. The summed E-state index contributed by atoms with van der Waals surface area (Å²) in [5.74, 6) is 4.79. The first-order valence-corrected chi connectivity index (χ1v) is 26.6. The van der Waals surface area contributed by atoms with Crippen LogP contribution in [0.25, 0.3) is 11.2 Å². The van der Waals surface area contributed by atoms with Crippen LogP contribution in [0.5, 0.6) is 5.88 Å². The van der Waals surface area contributed by atoms with E-state index in [-0.39, 0.29) is 68.6 Å². The molecule has 0 bridgehead atoms. The predicted octanol–water partition coefficient (Wildman–Crippen LogP) is 7.90. The fraction of sp³-hybridized carbons (Fsp3) is 0.500. The number of nitrogens with two attached hydrogens (primary N) is 2. The highest BCUT2D eigenvalue weighted by molar-refractivity contribution is 5.99. The van der Waals surface area contributed by atoms with E-state index in [4.69, 9.17) is 20.9 Å². The van der Waals surface area contributed by atoms with Crippen molar-refractivity contribution in [1.29, 1.82) is 0 Å². The third-order valence-corrected chi connectivity index (χ3v) is 11.6. The van der Waals surface area contributed by atoms with Crippen molar-refractivity contribution in [3.63, 3.8) is 0 Å². The maximum atomic E-state index is 11.5. The predicted molar refractivity (Wildman–Crippen MR) is 331 cm³/mol. The second kappa shape index (κ2) is 31.8. The summed E-state index contributed by atoms with van der Waals surface area (Å²) in [4.78, 5) is 81.1. The molecule has 83 heavy (non-hydrogen) atoms. The molecule has 0 saturated carbocycles. The van der Waals surface area contributed by atoms with Crippen LogP contribution in [0, 0.1) is 0 Å². The number of imidazole rings is 3. The van der Waals surface area contributed by atoms with E-state index in [2.05, 4.69) is 126 Å². The monoisotopic (exact) mass is 1150 g/mol. The van der Waals surface area contributed by atoms with Crippen molar-refractivity contribution in [1.82, 2.24) is 68.6 Å². The lowest BCUT2D eigenvalue weighted by atomic mass is 10.3. The lowest BCUT2D eigenvalue weighted by Crippen LogP contribution is -2.43. The van der Waals surface area contributed by atoms with Gasteiger partial charge in [0.25, 0.3) is 11.8 Å². The van der Waals surface area contributed by atoms with Gasteiger partial charge in [-0.05, 0) is 116 Å². The average Bonchev–Trinajstić information content (AvgIpc) is 4.35. The molecule has 5 aromatic heterocycles. The number of ether oxygens (including phenoxy) is 2. The maximum absolute atomic E-state index is 11.5. The molecule has 456 valence electrons. The number of methoxy groups -OCH3 is 1. The number of anilines is 4. The van der Waals surface area contributed by atoms with Gasteiger partial charge in [0.05, 0.1) is 38.9 Å². The zero-order valence-electron chi connectivity index (χ0n) is 49.8. The van der Waals surface area contributed by atoms with E-state index in [1.54, 1.807) is 37.2 Å². The molecule has 2 atom stereocenters. The number of amidine groups is 1. The van der Waals surface area contributed by atoms with Gasteiger partial charge in [-0.3, -0.25) is 19.0 Å². The van der Waals surface area contributed by atoms with Gasteiger partial charge in [-0.15, -0.1) is 0 Å². The van der Waals surface area contributed by atoms with Crippen molar-refractivity contribution in [2.45, 2.75) is 174 Å². The van der Waals surface area contributed by atoms with Gasteiger partial charge in [-0.25, -0.2) is 29.7 Å². The van der Waals surface area contributed by atoms with Gasteiger partial charge in [0.15, 0.2) is 22.6 Å². The third kappa shape index (κ3) is 19.3. The van der Waals surface area contributed by atoms with Crippen LogP contribution < -0.4 is 48.5 Å². The number of aliphatic imine (C=N–C) groups is 2. The summed E-state index contributed by atoms with van der Waals surface area (Å²) in [5.41, 5.74) is 13.3. The normalized spacial score (nSPS) is 15.5. The molecule has 9 rings (SSSR count). The zero-order valence-corrected chi connectivity index (χ0v) is 49.8. The Morgan fingerprint density at radius 3 is 1.78 bits per heavy atom. The molecule has 4 aliphatic rings. The van der Waals surface area contributed by atoms with Crippen LogP contribution in [-0.2, 0) is 14.3 Å². The van der Waals surface area contributed by atoms with Gasteiger partial charge in [0, 0.05) is 67.8 Å². The minimum atomic E-state index is -0.355. The van der Waals surface area contributed by atoms with Gasteiger partial charge in [0.2, 0.25) is 23.6 Å². The van der Waals surface area contributed by atoms with Crippen LogP contribution in [0.4, 0.5) is 23.4 Å². The number of hydrogen-bond donors (Lipinski definition) is 7. The molecule has 0 aliphatic carbocycles. The molecule has 4 aliphatic heterocycles. The number of carbonyl (C=O) groups excluding carboxylic acids is 3. The number of aromatic nitrogens is 10. The number of fused-ring (bicyclic) bond motifs is 3. The number of hydrogen-bond acceptors (Lipinski definition) is 20. The van der Waals surface area contributed by atoms with Crippen LogP contribution in [0.15, 0.2) is 95.4 Å². The molecule has 0 saturated heterocycles. The van der Waals surface area contributed by atoms with E-state index in [1.165, 1.54) is 24.7 Å². The van der Waals surface area contributed by atoms with E-state index in [0.29, 0.717) is 82.7 Å². The summed E-state index contributed by atoms with van der Waals surface area (Å²) in [7, 11) is 1.54. The molecule has 5 aromatic rings. The lowest BCUT2D eigenvalue weighted by Gasteiger charge is -2.29. The van der Waals surface area contributed by atoms with Crippen molar-refractivity contribution in [2.24, 2.45) is 15.7 Å². The topological polar surface area (TPSA) is 327 Å². The Kier molecular flexibility index (Phi) is 26.9. The van der Waals surface area contributed by atoms with Crippen molar-refractivity contribution in [3.05, 3.63) is 102 Å². The van der Waals surface area contributed by atoms with Crippen molar-refractivity contribution in [3.8, 4) is 5.88 Å². The molecule has 9 heterocycles. The molecule has 2 unspecified atom stereocenters. The quantitative estimate of drug-likeness (QED) is 0.0737. The van der Waals surface area contributed by atoms with Crippen LogP contribution in [0.2, 0.25) is 0 Å². The molecule has 0 radical (unpaired) electrons. The van der Waals surface area contributed by atoms with Gasteiger partial charge in [-0.1, -0.05) is 28.0 Å². The Morgan fingerprint density at radius 1 is 0.723 bits per heavy atom. The molecule has 27 heteroatoms. The number of nitrogens with one attached hydrogen (secondary N) is 5. The summed E-state index contributed by atoms with van der Waals surface area (Å²) in [6.45, 7) is 39.8. The fourth-order valence-electron chi connectivity index (χ4n) is 7.74. The number of amides is 3. The van der Waals surface area contributed by atoms with E-state index in [9.17, 15) is 19.2 Å². The molecule has 0 spiro atoms. The van der Waals surface area contributed by atoms with Gasteiger partial charge >= 0.3 is 5.69 Å². The van der Waals surface area contributed by atoms with E-state index in [0.717, 1.165) is 17.3 Å². The number of rotatable bonds is 9. The SMILES string of the molecule is C.C.C=C1N=C(N)C=CN1C(C)C.C=C1NC(=O)C=CN1C(C)C.CC(=O)Nc1ccn(C(C)C)c(=O)n1.CC1NC(=O)c2ncn(C(C)C)c2N1.CCOC1=NC(C)Nc2c1ncn2C(C)C.COc1nc(N)nc2c1ncn2C(C)C. The Balaban J connectivity index is 0.000000340. The van der Waals surface area contributed by atoms with Crippen molar-refractivity contribution in [2.75, 3.05) is 35.4 Å². The number of nitrogens with zero attached hydrogens (tertiary/aromatic N) is 14. The zero-order chi connectivity index (χ0) is 60.6. The van der Waals surface area contributed by atoms with Gasteiger partial charge in [0.1, 0.15) is 41.1 Å². The Hall–Kier alpha value is -9.04. The van der Waals surface area contributed by atoms with Crippen LogP contribution in [0.1, 0.15) is 166 Å². The molecule has 27 nitrogen and oxygen atoms in total. The summed E-state index contributed by atoms with van der Waals surface area (Å²) in [6, 6.07) is 3.34. The first-order valence-electron chi connectivity index (χ1n) is 26.6. The second-order valence-electron chi connectivity index (χ2n) is 20.2. The molecule has 0 aromatic carbocycles. The molecular weight excluding hydrogens is 1060 g/mol. The van der Waals surface area contributed by atoms with Gasteiger partial charge in [-0.2, -0.15) is 15.0 Å². The van der Waals surface area contributed by atoms with Crippen LogP contribution in [-0.4, -0.2) is 126 Å². The van der Waals surface area contributed by atoms with Crippen LogP contribution >= 0.6 is 0 Å². The summed E-state index contributed by atoms with van der Waals surface area (Å²) in [6.07, 6.45) is 13.8. The highest BCUT2D eigenvalue weighted by atomic mass is 16.5. The first kappa shape index (κ1) is 70.1. The second-order valence-corrected chi connectivity index (χ2v) is 20.2. The molecular formula is C56H91N21O6. The smallest absolute Gasteiger partial charge is 0.349 e. The first-order chi connectivity index (χ1) is 38.1.